The van der Waals surface area contributed by atoms with Gasteiger partial charge in [0.1, 0.15) is 11.6 Å². The van der Waals surface area contributed by atoms with Crippen LogP contribution in [0.5, 0.6) is 0 Å². The van der Waals surface area contributed by atoms with Crippen LogP contribution in [0.3, 0.4) is 0 Å². The molecule has 1 aromatic heterocycles. The van der Waals surface area contributed by atoms with Crippen LogP contribution >= 0.6 is 0 Å². The first-order valence-electron chi connectivity index (χ1n) is 6.19. The lowest BCUT2D eigenvalue weighted by Crippen LogP contribution is -2.30. The Kier molecular flexibility index (Phi) is 4.15. The summed E-state index contributed by atoms with van der Waals surface area (Å²) in [5.74, 6) is 0.765. The maximum absolute atomic E-state index is 13.1. The van der Waals surface area contributed by atoms with Gasteiger partial charge in [-0.1, -0.05) is 12.1 Å². The van der Waals surface area contributed by atoms with Gasteiger partial charge in [0.25, 0.3) is 0 Å². The van der Waals surface area contributed by atoms with Crippen LogP contribution in [0.2, 0.25) is 0 Å². The van der Waals surface area contributed by atoms with Gasteiger partial charge in [0, 0.05) is 18.5 Å². The fourth-order valence-electron chi connectivity index (χ4n) is 2.09. The van der Waals surface area contributed by atoms with Crippen molar-refractivity contribution in [2.45, 2.75) is 32.4 Å². The molecule has 0 amide bonds. The van der Waals surface area contributed by atoms with E-state index in [9.17, 15) is 4.39 Å². The summed E-state index contributed by atoms with van der Waals surface area (Å²) < 4.78 is 18.4. The van der Waals surface area contributed by atoms with Gasteiger partial charge in [-0.15, -0.1) is 0 Å². The zero-order chi connectivity index (χ0) is 13.0. The third-order valence-corrected chi connectivity index (χ3v) is 2.97. The van der Waals surface area contributed by atoms with Gasteiger partial charge in [-0.2, -0.15) is 0 Å². The van der Waals surface area contributed by atoms with Crippen LogP contribution in [-0.2, 0) is 6.42 Å². The zero-order valence-electron chi connectivity index (χ0n) is 10.7. The molecule has 96 valence electrons. The number of hydrogen-bond acceptors (Lipinski definition) is 2. The Hall–Kier alpha value is -1.61. The van der Waals surface area contributed by atoms with Crippen LogP contribution in [0.15, 0.2) is 47.1 Å². The number of hydrogen-bond donors (Lipinski definition) is 1. The molecule has 0 spiro atoms. The molecule has 0 saturated heterocycles. The van der Waals surface area contributed by atoms with Crippen molar-refractivity contribution < 1.29 is 8.81 Å². The lowest BCUT2D eigenvalue weighted by molar-refractivity contribution is 0.428. The van der Waals surface area contributed by atoms with Crippen LogP contribution in [0.4, 0.5) is 4.39 Å². The van der Waals surface area contributed by atoms with E-state index in [1.807, 2.05) is 25.1 Å². The molecule has 1 N–H and O–H groups in total. The highest BCUT2D eigenvalue weighted by molar-refractivity contribution is 5.19. The Morgan fingerprint density at radius 1 is 1.22 bits per heavy atom. The van der Waals surface area contributed by atoms with E-state index in [1.54, 1.807) is 18.4 Å². The summed E-state index contributed by atoms with van der Waals surface area (Å²) in [5, 5.41) is 3.43. The number of nitrogens with one attached hydrogen (secondary N) is 1. The van der Waals surface area contributed by atoms with E-state index in [4.69, 9.17) is 4.42 Å². The van der Waals surface area contributed by atoms with Crippen molar-refractivity contribution in [2.24, 2.45) is 0 Å². The second kappa shape index (κ2) is 5.83. The molecule has 2 rings (SSSR count). The van der Waals surface area contributed by atoms with Gasteiger partial charge in [-0.3, -0.25) is 0 Å². The highest BCUT2D eigenvalue weighted by Gasteiger charge is 2.11. The Balaban J connectivity index is 1.92. The second-order valence-corrected chi connectivity index (χ2v) is 4.63. The maximum Gasteiger partial charge on any atom is 0.123 e. The standard InChI is InChI=1S/C15H18FNO/c1-11(9-15-7-4-8-18-15)17-12(2)13-5-3-6-14(16)10-13/h3-8,10-12,17H,9H2,1-2H3. The Bertz CT molecular complexity index is 481. The van der Waals surface area contributed by atoms with Crippen LogP contribution in [0.1, 0.15) is 31.2 Å². The summed E-state index contributed by atoms with van der Waals surface area (Å²) in [4.78, 5) is 0. The third-order valence-electron chi connectivity index (χ3n) is 2.97. The van der Waals surface area contributed by atoms with E-state index in [-0.39, 0.29) is 17.9 Å². The van der Waals surface area contributed by atoms with Gasteiger partial charge >= 0.3 is 0 Å². The Morgan fingerprint density at radius 2 is 2.06 bits per heavy atom. The minimum atomic E-state index is -0.195. The number of benzene rings is 1. The average molecular weight is 247 g/mol. The summed E-state index contributed by atoms with van der Waals surface area (Å²) in [6.45, 7) is 4.13. The zero-order valence-corrected chi connectivity index (χ0v) is 10.7. The molecule has 0 aliphatic rings. The first-order chi connectivity index (χ1) is 8.65. The summed E-state index contributed by atoms with van der Waals surface area (Å²) >= 11 is 0. The van der Waals surface area contributed by atoms with Crippen molar-refractivity contribution in [3.05, 3.63) is 59.8 Å². The molecule has 2 unspecified atom stereocenters. The second-order valence-electron chi connectivity index (χ2n) is 4.63. The minimum absolute atomic E-state index is 0.116. The van der Waals surface area contributed by atoms with E-state index >= 15 is 0 Å². The van der Waals surface area contributed by atoms with E-state index in [1.165, 1.54) is 6.07 Å². The van der Waals surface area contributed by atoms with Gasteiger partial charge in [0.2, 0.25) is 0 Å². The van der Waals surface area contributed by atoms with Crippen LogP contribution in [-0.4, -0.2) is 6.04 Å². The van der Waals surface area contributed by atoms with E-state index in [0.717, 1.165) is 17.7 Å². The SMILES string of the molecule is CC(Cc1ccco1)NC(C)c1cccc(F)c1. The largest absolute Gasteiger partial charge is 0.469 e. The topological polar surface area (TPSA) is 25.2 Å². The van der Waals surface area contributed by atoms with E-state index in [0.29, 0.717) is 0 Å². The molecule has 2 aromatic rings. The van der Waals surface area contributed by atoms with Crippen LogP contribution in [0.25, 0.3) is 0 Å². The number of halogens is 1. The van der Waals surface area contributed by atoms with E-state index < -0.39 is 0 Å². The normalized spacial score (nSPS) is 14.4. The van der Waals surface area contributed by atoms with Crippen molar-refractivity contribution in [1.29, 1.82) is 0 Å². The quantitative estimate of drug-likeness (QED) is 0.871. The molecule has 0 aliphatic heterocycles. The molecule has 0 aliphatic carbocycles. The Labute approximate surface area is 107 Å². The predicted molar refractivity (Wildman–Crippen MR) is 69.8 cm³/mol. The van der Waals surface area contributed by atoms with Gasteiger partial charge in [-0.25, -0.2) is 4.39 Å². The van der Waals surface area contributed by atoms with E-state index in [2.05, 4.69) is 12.2 Å². The summed E-state index contributed by atoms with van der Waals surface area (Å²) in [7, 11) is 0. The monoisotopic (exact) mass is 247 g/mol. The minimum Gasteiger partial charge on any atom is -0.469 e. The first-order valence-corrected chi connectivity index (χ1v) is 6.19. The van der Waals surface area contributed by atoms with Crippen LogP contribution < -0.4 is 5.32 Å². The molecular formula is C15H18FNO. The molecule has 0 radical (unpaired) electrons. The predicted octanol–water partition coefficient (Wildman–Crippen LogP) is 3.70. The first kappa shape index (κ1) is 12.8. The smallest absolute Gasteiger partial charge is 0.123 e. The van der Waals surface area contributed by atoms with Crippen molar-refractivity contribution in [3.63, 3.8) is 0 Å². The van der Waals surface area contributed by atoms with Crippen molar-refractivity contribution in [2.75, 3.05) is 0 Å². The van der Waals surface area contributed by atoms with Crippen molar-refractivity contribution >= 4 is 0 Å². The summed E-state index contributed by atoms with van der Waals surface area (Å²) in [6, 6.07) is 10.9. The Morgan fingerprint density at radius 3 is 2.72 bits per heavy atom. The lowest BCUT2D eigenvalue weighted by atomic mass is 10.1. The van der Waals surface area contributed by atoms with Gasteiger partial charge in [0.05, 0.1) is 6.26 Å². The molecule has 0 saturated carbocycles. The highest BCUT2D eigenvalue weighted by atomic mass is 19.1. The average Bonchev–Trinajstić information content (AvgIpc) is 2.81. The molecule has 3 heteroatoms. The molecule has 0 bridgehead atoms. The third kappa shape index (κ3) is 3.44. The molecule has 18 heavy (non-hydrogen) atoms. The van der Waals surface area contributed by atoms with Gasteiger partial charge in [0.15, 0.2) is 0 Å². The summed E-state index contributed by atoms with van der Waals surface area (Å²) in [5.41, 5.74) is 0.960. The van der Waals surface area contributed by atoms with Crippen LogP contribution in [0, 0.1) is 5.82 Å². The molecule has 2 atom stereocenters. The lowest BCUT2D eigenvalue weighted by Gasteiger charge is -2.19. The summed E-state index contributed by atoms with van der Waals surface area (Å²) in [6.07, 6.45) is 2.50. The molecule has 1 heterocycles. The van der Waals surface area contributed by atoms with Crippen molar-refractivity contribution in [1.82, 2.24) is 5.32 Å². The number of furan rings is 1. The molecule has 0 fully saturated rings. The van der Waals surface area contributed by atoms with Crippen molar-refractivity contribution in [3.8, 4) is 0 Å². The number of rotatable bonds is 5. The molecule has 1 aromatic carbocycles. The van der Waals surface area contributed by atoms with Gasteiger partial charge in [-0.05, 0) is 43.7 Å². The fraction of sp³-hybridized carbons (Fsp3) is 0.333. The molecular weight excluding hydrogens is 229 g/mol. The highest BCUT2D eigenvalue weighted by Crippen LogP contribution is 2.15. The fourth-order valence-corrected chi connectivity index (χ4v) is 2.09. The van der Waals surface area contributed by atoms with Gasteiger partial charge < -0.3 is 9.73 Å². The molecule has 2 nitrogen and oxygen atoms in total. The maximum atomic E-state index is 13.1.